The molecule has 0 aliphatic heterocycles. The minimum absolute atomic E-state index is 0.232. The predicted molar refractivity (Wildman–Crippen MR) is 81.3 cm³/mol. The van der Waals surface area contributed by atoms with Gasteiger partial charge < -0.3 is 14.7 Å². The number of methoxy groups -OCH3 is 1. The number of benzene rings is 2. The van der Waals surface area contributed by atoms with Gasteiger partial charge >= 0.3 is 0 Å². The number of nitrogens with zero attached hydrogens (tertiary/aromatic N) is 1. The maximum atomic E-state index is 13.2. The first-order valence-electron chi connectivity index (χ1n) is 6.84. The van der Waals surface area contributed by atoms with Gasteiger partial charge in [-0.25, -0.2) is 4.39 Å². The number of aliphatic hydroxyl groups excluding tert-OH is 1. The maximum Gasteiger partial charge on any atom is 0.254 e. The van der Waals surface area contributed by atoms with Gasteiger partial charge in [0, 0.05) is 12.6 Å². The van der Waals surface area contributed by atoms with Crippen molar-refractivity contribution in [3.63, 3.8) is 0 Å². The summed E-state index contributed by atoms with van der Waals surface area (Å²) in [7, 11) is 3.15. The van der Waals surface area contributed by atoms with E-state index in [-0.39, 0.29) is 18.1 Å². The summed E-state index contributed by atoms with van der Waals surface area (Å²) in [6.07, 6.45) is 0. The van der Waals surface area contributed by atoms with Gasteiger partial charge in [0.15, 0.2) is 0 Å². The maximum absolute atomic E-state index is 13.2. The van der Waals surface area contributed by atoms with Gasteiger partial charge in [0.25, 0.3) is 5.91 Å². The van der Waals surface area contributed by atoms with E-state index in [2.05, 4.69) is 0 Å². The lowest BCUT2D eigenvalue weighted by molar-refractivity contribution is 0.0658. The predicted octanol–water partition coefficient (Wildman–Crippen LogP) is 2.64. The molecule has 0 radical (unpaired) electrons. The summed E-state index contributed by atoms with van der Waals surface area (Å²) in [5.74, 6) is -0.127. The van der Waals surface area contributed by atoms with Crippen molar-refractivity contribution >= 4 is 5.91 Å². The van der Waals surface area contributed by atoms with Crippen molar-refractivity contribution in [2.75, 3.05) is 20.8 Å². The highest BCUT2D eigenvalue weighted by Crippen LogP contribution is 2.23. The molecule has 0 fully saturated rings. The zero-order chi connectivity index (χ0) is 16.1. The molecule has 5 heteroatoms. The van der Waals surface area contributed by atoms with E-state index in [0.717, 1.165) is 5.56 Å². The second-order valence-corrected chi connectivity index (χ2v) is 4.90. The first kappa shape index (κ1) is 16.0. The molecule has 1 unspecified atom stereocenters. The molecule has 1 amide bonds. The third kappa shape index (κ3) is 3.43. The molecule has 22 heavy (non-hydrogen) atoms. The van der Waals surface area contributed by atoms with Crippen LogP contribution in [-0.4, -0.2) is 36.7 Å². The third-order valence-electron chi connectivity index (χ3n) is 3.53. The van der Waals surface area contributed by atoms with Crippen LogP contribution in [0, 0.1) is 5.82 Å². The minimum Gasteiger partial charge on any atom is -0.497 e. The van der Waals surface area contributed by atoms with Crippen LogP contribution in [0.1, 0.15) is 22.0 Å². The van der Waals surface area contributed by atoms with E-state index in [4.69, 9.17) is 4.74 Å². The van der Waals surface area contributed by atoms with Crippen LogP contribution in [0.5, 0.6) is 5.75 Å². The van der Waals surface area contributed by atoms with Gasteiger partial charge in [0.2, 0.25) is 0 Å². The average Bonchev–Trinajstić information content (AvgIpc) is 2.55. The molecule has 116 valence electrons. The Hall–Kier alpha value is -2.40. The van der Waals surface area contributed by atoms with E-state index in [1.165, 1.54) is 23.1 Å². The van der Waals surface area contributed by atoms with Gasteiger partial charge in [-0.3, -0.25) is 4.79 Å². The topological polar surface area (TPSA) is 49.8 Å². The fourth-order valence-corrected chi connectivity index (χ4v) is 2.24. The number of hydrogen-bond acceptors (Lipinski definition) is 3. The molecule has 4 nitrogen and oxygen atoms in total. The molecule has 0 bridgehead atoms. The van der Waals surface area contributed by atoms with Crippen LogP contribution in [-0.2, 0) is 0 Å². The molecule has 1 atom stereocenters. The highest BCUT2D eigenvalue weighted by molar-refractivity contribution is 5.94. The number of ether oxygens (including phenoxy) is 1. The summed E-state index contributed by atoms with van der Waals surface area (Å²) >= 11 is 0. The molecule has 2 rings (SSSR count). The van der Waals surface area contributed by atoms with Gasteiger partial charge in [-0.05, 0) is 35.9 Å². The first-order valence-corrected chi connectivity index (χ1v) is 6.84. The standard InChI is InChI=1S/C17H18FNO3/c1-19(17(21)13-4-3-5-14(18)10-13)16(11-20)12-6-8-15(22-2)9-7-12/h3-10,16,20H,11H2,1-2H3. The van der Waals surface area contributed by atoms with Crippen molar-refractivity contribution in [1.82, 2.24) is 4.90 Å². The highest BCUT2D eigenvalue weighted by atomic mass is 19.1. The molecule has 1 N–H and O–H groups in total. The lowest BCUT2D eigenvalue weighted by Gasteiger charge is -2.27. The van der Waals surface area contributed by atoms with Crippen molar-refractivity contribution in [3.05, 3.63) is 65.5 Å². The second-order valence-electron chi connectivity index (χ2n) is 4.90. The summed E-state index contributed by atoms with van der Waals surface area (Å²) in [5, 5.41) is 9.63. The summed E-state index contributed by atoms with van der Waals surface area (Å²) in [4.78, 5) is 13.8. The zero-order valence-corrected chi connectivity index (χ0v) is 12.5. The van der Waals surface area contributed by atoms with Crippen LogP contribution in [0.3, 0.4) is 0 Å². The number of aliphatic hydroxyl groups is 1. The van der Waals surface area contributed by atoms with Crippen molar-refractivity contribution in [3.8, 4) is 5.75 Å². The van der Waals surface area contributed by atoms with Crippen LogP contribution in [0.15, 0.2) is 48.5 Å². The quantitative estimate of drug-likeness (QED) is 0.924. The Kier molecular flexibility index (Phi) is 5.12. The van der Waals surface area contributed by atoms with Crippen LogP contribution < -0.4 is 4.74 Å². The van der Waals surface area contributed by atoms with Crippen LogP contribution in [0.25, 0.3) is 0 Å². The van der Waals surface area contributed by atoms with E-state index in [1.807, 2.05) is 0 Å². The van der Waals surface area contributed by atoms with Crippen molar-refractivity contribution in [2.45, 2.75) is 6.04 Å². The Labute approximate surface area is 128 Å². The number of carbonyl (C=O) groups excluding carboxylic acids is 1. The minimum atomic E-state index is -0.512. The lowest BCUT2D eigenvalue weighted by atomic mass is 10.0. The molecule has 0 aromatic heterocycles. The monoisotopic (exact) mass is 303 g/mol. The van der Waals surface area contributed by atoms with Crippen LogP contribution in [0.4, 0.5) is 4.39 Å². The van der Waals surface area contributed by atoms with Crippen molar-refractivity contribution in [1.29, 1.82) is 0 Å². The number of rotatable bonds is 5. The van der Waals surface area contributed by atoms with E-state index >= 15 is 0 Å². The Morgan fingerprint density at radius 1 is 1.27 bits per heavy atom. The van der Waals surface area contributed by atoms with Crippen molar-refractivity contribution < 1.29 is 19.0 Å². The normalized spacial score (nSPS) is 11.8. The molecule has 0 heterocycles. The number of likely N-dealkylation sites (N-methyl/N-ethyl adjacent to an activating group) is 1. The van der Waals surface area contributed by atoms with Crippen molar-refractivity contribution in [2.24, 2.45) is 0 Å². The Morgan fingerprint density at radius 2 is 1.95 bits per heavy atom. The fourth-order valence-electron chi connectivity index (χ4n) is 2.24. The molecular weight excluding hydrogens is 285 g/mol. The van der Waals surface area contributed by atoms with E-state index in [9.17, 15) is 14.3 Å². The fraction of sp³-hybridized carbons (Fsp3) is 0.235. The summed E-state index contributed by atoms with van der Waals surface area (Å²) in [6, 6.07) is 12.1. The lowest BCUT2D eigenvalue weighted by Crippen LogP contribution is -2.33. The van der Waals surface area contributed by atoms with Gasteiger partial charge in [0.1, 0.15) is 11.6 Å². The highest BCUT2D eigenvalue weighted by Gasteiger charge is 2.22. The molecular formula is C17H18FNO3. The molecule has 2 aromatic rings. The molecule has 0 aliphatic rings. The van der Waals surface area contributed by atoms with Crippen LogP contribution in [0.2, 0.25) is 0 Å². The van der Waals surface area contributed by atoms with Gasteiger partial charge in [-0.2, -0.15) is 0 Å². The Bertz CT molecular complexity index is 643. The molecule has 0 aliphatic carbocycles. The van der Waals surface area contributed by atoms with E-state index in [0.29, 0.717) is 5.75 Å². The number of hydrogen-bond donors (Lipinski definition) is 1. The SMILES string of the molecule is COc1ccc(C(CO)N(C)C(=O)c2cccc(F)c2)cc1. The number of amides is 1. The van der Waals surface area contributed by atoms with Crippen LogP contribution >= 0.6 is 0 Å². The number of carbonyl (C=O) groups is 1. The molecule has 0 spiro atoms. The number of halogens is 1. The average molecular weight is 303 g/mol. The van der Waals surface area contributed by atoms with E-state index < -0.39 is 11.9 Å². The Morgan fingerprint density at radius 3 is 2.50 bits per heavy atom. The zero-order valence-electron chi connectivity index (χ0n) is 12.5. The summed E-state index contributed by atoms with van der Waals surface area (Å²) < 4.78 is 18.3. The van der Waals surface area contributed by atoms with E-state index in [1.54, 1.807) is 44.5 Å². The third-order valence-corrected chi connectivity index (χ3v) is 3.53. The smallest absolute Gasteiger partial charge is 0.254 e. The summed E-state index contributed by atoms with van der Waals surface area (Å²) in [5.41, 5.74) is 1.02. The second kappa shape index (κ2) is 7.04. The first-order chi connectivity index (χ1) is 10.6. The molecule has 0 saturated heterocycles. The largest absolute Gasteiger partial charge is 0.497 e. The summed E-state index contributed by atoms with van der Waals surface area (Å²) in [6.45, 7) is -0.232. The molecule has 0 saturated carbocycles. The van der Waals surface area contributed by atoms with Gasteiger partial charge in [0.05, 0.1) is 19.8 Å². The Balaban J connectivity index is 2.23. The van der Waals surface area contributed by atoms with Gasteiger partial charge in [-0.15, -0.1) is 0 Å². The van der Waals surface area contributed by atoms with Gasteiger partial charge in [-0.1, -0.05) is 18.2 Å². The molecule has 2 aromatic carbocycles.